The number of carbonyl (C=O) groups is 3. The van der Waals surface area contributed by atoms with E-state index in [1.807, 2.05) is 0 Å². The van der Waals surface area contributed by atoms with E-state index >= 15 is 0 Å². The number of fused-ring (bicyclic) bond motifs is 1. The number of nitrogens with one attached hydrogen (secondary N) is 2. The molecule has 0 aliphatic carbocycles. The van der Waals surface area contributed by atoms with E-state index in [1.165, 1.54) is 5.56 Å². The lowest BCUT2D eigenvalue weighted by molar-refractivity contribution is -0.144. The minimum Gasteiger partial charge on any atom is -0.480 e. The smallest absolute Gasteiger partial charge is 0.326 e. The van der Waals surface area contributed by atoms with Crippen LogP contribution in [-0.2, 0) is 27.2 Å². The zero-order valence-corrected chi connectivity index (χ0v) is 22.9. The van der Waals surface area contributed by atoms with Crippen LogP contribution >= 0.6 is 0 Å². The van der Waals surface area contributed by atoms with Crippen LogP contribution in [0.3, 0.4) is 0 Å². The number of hydrogen-bond acceptors (Lipinski definition) is 6. The van der Waals surface area contributed by atoms with Gasteiger partial charge in [0.15, 0.2) is 0 Å². The number of pyridine rings is 1. The Bertz CT molecular complexity index is 970. The number of amides is 2. The average molecular weight is 528 g/mol. The second-order valence-electron chi connectivity index (χ2n) is 11.3. The van der Waals surface area contributed by atoms with Gasteiger partial charge >= 0.3 is 5.97 Å². The van der Waals surface area contributed by atoms with Crippen LogP contribution in [0.25, 0.3) is 0 Å². The highest BCUT2D eigenvalue weighted by atomic mass is 16.4. The summed E-state index contributed by atoms with van der Waals surface area (Å²) in [5.74, 6) is 0.163. The van der Waals surface area contributed by atoms with E-state index < -0.39 is 12.0 Å². The Labute approximate surface area is 226 Å². The second-order valence-corrected chi connectivity index (χ2v) is 11.3. The molecule has 9 nitrogen and oxygen atoms in total. The van der Waals surface area contributed by atoms with Crippen LogP contribution < -0.4 is 10.6 Å². The predicted octanol–water partition coefficient (Wildman–Crippen LogP) is 3.08. The summed E-state index contributed by atoms with van der Waals surface area (Å²) >= 11 is 0. The van der Waals surface area contributed by atoms with Crippen LogP contribution in [0.1, 0.15) is 76.0 Å². The molecule has 2 fully saturated rings. The number of aromatic nitrogens is 1. The minimum atomic E-state index is -0.993. The number of carbonyl (C=O) groups excluding carboxylic acids is 2. The van der Waals surface area contributed by atoms with E-state index in [4.69, 9.17) is 4.98 Å². The number of rotatable bonds is 12. The summed E-state index contributed by atoms with van der Waals surface area (Å²) in [5, 5.41) is 16.0. The number of likely N-dealkylation sites (tertiary alicyclic amines) is 2. The molecular formula is C29H45N5O4. The Hall–Kier alpha value is -2.68. The molecule has 3 atom stereocenters. The molecule has 0 aromatic carbocycles. The van der Waals surface area contributed by atoms with Crippen molar-refractivity contribution in [3.05, 3.63) is 23.4 Å². The molecule has 38 heavy (non-hydrogen) atoms. The van der Waals surface area contributed by atoms with Gasteiger partial charge < -0.3 is 25.5 Å². The van der Waals surface area contributed by atoms with Gasteiger partial charge in [0.25, 0.3) is 0 Å². The molecule has 0 bridgehead atoms. The van der Waals surface area contributed by atoms with Crippen LogP contribution in [0, 0.1) is 11.8 Å². The van der Waals surface area contributed by atoms with Gasteiger partial charge in [-0.1, -0.05) is 19.4 Å². The van der Waals surface area contributed by atoms with Crippen molar-refractivity contribution in [3.8, 4) is 0 Å². The van der Waals surface area contributed by atoms with Gasteiger partial charge in [0.1, 0.15) is 11.9 Å². The molecule has 0 spiro atoms. The monoisotopic (exact) mass is 527 g/mol. The summed E-state index contributed by atoms with van der Waals surface area (Å²) in [6, 6.07) is 3.46. The molecule has 3 aliphatic heterocycles. The third-order valence-corrected chi connectivity index (χ3v) is 8.37. The Morgan fingerprint density at radius 3 is 2.87 bits per heavy atom. The molecule has 9 heteroatoms. The largest absolute Gasteiger partial charge is 0.480 e. The van der Waals surface area contributed by atoms with Crippen LogP contribution in [0.2, 0.25) is 0 Å². The molecule has 2 saturated heterocycles. The molecule has 4 rings (SSSR count). The number of carboxylic acids is 1. The minimum absolute atomic E-state index is 0.0989. The van der Waals surface area contributed by atoms with E-state index in [1.54, 1.807) is 4.90 Å². The lowest BCUT2D eigenvalue weighted by Gasteiger charge is -2.32. The summed E-state index contributed by atoms with van der Waals surface area (Å²) in [6.07, 6.45) is 9.60. The Morgan fingerprint density at radius 2 is 2.05 bits per heavy atom. The van der Waals surface area contributed by atoms with E-state index in [0.29, 0.717) is 44.8 Å². The zero-order chi connectivity index (χ0) is 26.9. The maximum absolute atomic E-state index is 12.9. The van der Waals surface area contributed by atoms with Crippen molar-refractivity contribution in [2.75, 3.05) is 44.6 Å². The maximum atomic E-state index is 12.9. The molecular weight excluding hydrogens is 482 g/mol. The number of nitrogens with zero attached hydrogens (tertiary/aromatic N) is 3. The van der Waals surface area contributed by atoms with Gasteiger partial charge in [-0.3, -0.25) is 9.59 Å². The standard InChI is InChI=1S/C29H45N5O4/c1-2-3-8-26(35)34-16-5-7-23(20-34)28(36)32-25(29(37)38)14-18-33-17-13-21(19-33)9-11-24-12-10-22-6-4-15-30-27(22)31-24/h10,12,21,23,25H,2-9,11,13-20H2,1H3,(H,30,31)(H,32,36)(H,37,38)/t21-,23-,25?/m1/s1. The van der Waals surface area contributed by atoms with Crippen molar-refractivity contribution in [2.24, 2.45) is 11.8 Å². The molecule has 0 radical (unpaired) electrons. The summed E-state index contributed by atoms with van der Waals surface area (Å²) < 4.78 is 0. The molecule has 4 heterocycles. The van der Waals surface area contributed by atoms with E-state index in [0.717, 1.165) is 82.5 Å². The number of piperidine rings is 1. The first-order chi connectivity index (χ1) is 18.4. The third-order valence-electron chi connectivity index (χ3n) is 8.37. The van der Waals surface area contributed by atoms with Gasteiger partial charge in [-0.15, -0.1) is 0 Å². The highest BCUT2D eigenvalue weighted by molar-refractivity contribution is 5.86. The van der Waals surface area contributed by atoms with Crippen LogP contribution in [0.4, 0.5) is 5.82 Å². The van der Waals surface area contributed by atoms with Crippen molar-refractivity contribution < 1.29 is 19.5 Å². The second kappa shape index (κ2) is 13.9. The van der Waals surface area contributed by atoms with Crippen molar-refractivity contribution in [3.63, 3.8) is 0 Å². The van der Waals surface area contributed by atoms with Crippen LogP contribution in [0.5, 0.6) is 0 Å². The number of hydrogen-bond donors (Lipinski definition) is 3. The summed E-state index contributed by atoms with van der Waals surface area (Å²) in [5.41, 5.74) is 2.45. The highest BCUT2D eigenvalue weighted by Crippen LogP contribution is 2.24. The fourth-order valence-corrected chi connectivity index (χ4v) is 5.97. The quantitative estimate of drug-likeness (QED) is 0.383. The molecule has 1 unspecified atom stereocenters. The van der Waals surface area contributed by atoms with E-state index in [-0.39, 0.29) is 17.7 Å². The van der Waals surface area contributed by atoms with Crippen molar-refractivity contribution in [1.29, 1.82) is 0 Å². The summed E-state index contributed by atoms with van der Waals surface area (Å²) in [4.78, 5) is 46.2. The van der Waals surface area contributed by atoms with Gasteiger partial charge in [-0.2, -0.15) is 0 Å². The first kappa shape index (κ1) is 28.3. The van der Waals surface area contributed by atoms with Crippen LogP contribution in [0.15, 0.2) is 12.1 Å². The van der Waals surface area contributed by atoms with Crippen molar-refractivity contribution in [2.45, 2.75) is 83.6 Å². The Kier molecular flexibility index (Phi) is 10.4. The van der Waals surface area contributed by atoms with Gasteiger partial charge in [0.05, 0.1) is 5.92 Å². The van der Waals surface area contributed by atoms with E-state index in [9.17, 15) is 19.5 Å². The molecule has 2 amide bonds. The number of unbranched alkanes of at least 4 members (excludes halogenated alkanes) is 1. The lowest BCUT2D eigenvalue weighted by atomic mass is 9.96. The molecule has 3 N–H and O–H groups in total. The molecule has 210 valence electrons. The fraction of sp³-hybridized carbons (Fsp3) is 0.724. The van der Waals surface area contributed by atoms with Gasteiger partial charge in [-0.05, 0) is 81.9 Å². The number of carboxylic acid groups (broad SMARTS) is 1. The van der Waals surface area contributed by atoms with Crippen molar-refractivity contribution >= 4 is 23.6 Å². The normalized spacial score (nSPS) is 22.4. The predicted molar refractivity (Wildman–Crippen MR) is 147 cm³/mol. The molecule has 3 aliphatic rings. The molecule has 1 aromatic rings. The zero-order valence-electron chi connectivity index (χ0n) is 22.9. The number of anilines is 1. The lowest BCUT2D eigenvalue weighted by Crippen LogP contribution is -2.50. The van der Waals surface area contributed by atoms with Gasteiger partial charge in [0.2, 0.25) is 11.8 Å². The topological polar surface area (TPSA) is 115 Å². The van der Waals surface area contributed by atoms with Crippen LogP contribution in [-0.4, -0.2) is 83.0 Å². The third kappa shape index (κ3) is 7.91. The first-order valence-corrected chi connectivity index (χ1v) is 14.7. The Balaban J connectivity index is 1.19. The average Bonchev–Trinajstić information content (AvgIpc) is 3.40. The fourth-order valence-electron chi connectivity index (χ4n) is 5.97. The first-order valence-electron chi connectivity index (χ1n) is 14.7. The maximum Gasteiger partial charge on any atom is 0.326 e. The van der Waals surface area contributed by atoms with E-state index in [2.05, 4.69) is 34.6 Å². The Morgan fingerprint density at radius 1 is 1.18 bits per heavy atom. The van der Waals surface area contributed by atoms with Gasteiger partial charge in [0, 0.05) is 44.8 Å². The molecule has 0 saturated carbocycles. The number of aryl methyl sites for hydroxylation is 2. The van der Waals surface area contributed by atoms with Gasteiger partial charge in [-0.25, -0.2) is 9.78 Å². The SMILES string of the molecule is CCCCC(=O)N1CCC[C@@H](C(=O)NC(CCN2CC[C@@H](CCc3ccc4c(n3)NCCC4)C2)C(=O)O)C1. The summed E-state index contributed by atoms with van der Waals surface area (Å²) in [6.45, 7) is 6.70. The van der Waals surface area contributed by atoms with Crippen molar-refractivity contribution in [1.82, 2.24) is 20.1 Å². The summed E-state index contributed by atoms with van der Waals surface area (Å²) in [7, 11) is 0. The molecule has 1 aromatic heterocycles. The number of aliphatic carboxylic acids is 1. The highest BCUT2D eigenvalue weighted by Gasteiger charge is 2.31.